The van der Waals surface area contributed by atoms with Crippen LogP contribution < -0.4 is 10.2 Å². The van der Waals surface area contributed by atoms with E-state index in [1.165, 1.54) is 12.1 Å². The molecular weight excluding hydrogens is 579 g/mol. The van der Waals surface area contributed by atoms with E-state index in [4.69, 9.17) is 5.10 Å². The van der Waals surface area contributed by atoms with Gasteiger partial charge in [-0.2, -0.15) is 10.4 Å². The van der Waals surface area contributed by atoms with Crippen LogP contribution in [0.3, 0.4) is 0 Å². The summed E-state index contributed by atoms with van der Waals surface area (Å²) in [6, 6.07) is 15.5. The molecule has 6 rings (SSSR count). The van der Waals surface area contributed by atoms with Gasteiger partial charge in [0.05, 0.1) is 34.9 Å². The van der Waals surface area contributed by atoms with Gasteiger partial charge in [-0.15, -0.1) is 0 Å². The number of alkyl halides is 2. The second-order valence-electron chi connectivity index (χ2n) is 11.9. The van der Waals surface area contributed by atoms with Gasteiger partial charge in [0.15, 0.2) is 9.84 Å². The third-order valence-corrected chi connectivity index (χ3v) is 10.5. The fourth-order valence-corrected chi connectivity index (χ4v) is 7.44. The Bertz CT molecular complexity index is 1680. The first-order valence-electron chi connectivity index (χ1n) is 14.4. The fraction of sp³-hybridized carbons (Fsp3) is 0.452. The number of anilines is 1. The van der Waals surface area contributed by atoms with Crippen molar-refractivity contribution in [1.82, 2.24) is 15.1 Å². The van der Waals surface area contributed by atoms with E-state index in [1.54, 1.807) is 16.8 Å². The molecule has 1 aliphatic heterocycles. The third kappa shape index (κ3) is 5.87. The number of hydrogen-bond acceptors (Lipinski definition) is 6. The Morgan fingerprint density at radius 3 is 2.26 bits per heavy atom. The van der Waals surface area contributed by atoms with Gasteiger partial charge in [-0.25, -0.2) is 26.3 Å². The molecule has 3 aliphatic rings. The number of nitrogens with zero attached hydrogens (tertiary/aromatic N) is 4. The van der Waals surface area contributed by atoms with Crippen LogP contribution in [0.4, 0.5) is 18.9 Å². The van der Waals surface area contributed by atoms with Crippen LogP contribution in [-0.4, -0.2) is 60.2 Å². The molecule has 2 saturated carbocycles. The Morgan fingerprint density at radius 2 is 1.65 bits per heavy atom. The highest BCUT2D eigenvalue weighted by Gasteiger charge is 2.51. The van der Waals surface area contributed by atoms with Gasteiger partial charge in [-0.1, -0.05) is 12.1 Å². The first-order valence-corrected chi connectivity index (χ1v) is 16.2. The Balaban J connectivity index is 1.41. The summed E-state index contributed by atoms with van der Waals surface area (Å²) in [6.07, 6.45) is -0.0468. The van der Waals surface area contributed by atoms with Gasteiger partial charge >= 0.3 is 0 Å². The molecule has 0 spiro atoms. The number of aromatic nitrogens is 2. The summed E-state index contributed by atoms with van der Waals surface area (Å²) < 4.78 is 68.7. The van der Waals surface area contributed by atoms with Crippen LogP contribution in [0, 0.1) is 30.0 Å². The van der Waals surface area contributed by atoms with Gasteiger partial charge in [0, 0.05) is 48.8 Å². The van der Waals surface area contributed by atoms with Crippen LogP contribution in [0.15, 0.2) is 48.5 Å². The maximum Gasteiger partial charge on any atom is 0.249 e. The Hall–Kier alpha value is -3.85. The topological polar surface area (TPSA) is 108 Å². The van der Waals surface area contributed by atoms with Gasteiger partial charge in [0.2, 0.25) is 11.8 Å². The zero-order chi connectivity index (χ0) is 30.6. The highest BCUT2D eigenvalue weighted by Crippen LogP contribution is 2.48. The number of sulfone groups is 1. The second-order valence-corrected chi connectivity index (χ2v) is 14.2. The van der Waals surface area contributed by atoms with Gasteiger partial charge in [-0.3, -0.25) is 4.79 Å². The number of halogens is 3. The Labute approximate surface area is 248 Å². The van der Waals surface area contributed by atoms with E-state index in [0.29, 0.717) is 48.6 Å². The SMILES string of the molecule is Cc1c(-c2ccc(N3CCS(=O)(=O)CC3)cc2)c(C2CCC(F)(F)CC2C(=O)NC2(C#N)CC2)nn1-c1ccc(F)cc1. The molecule has 2 aliphatic carbocycles. The smallest absolute Gasteiger partial charge is 0.249 e. The van der Waals surface area contributed by atoms with E-state index < -0.39 is 57.7 Å². The van der Waals surface area contributed by atoms with Crippen molar-refractivity contribution >= 4 is 21.4 Å². The van der Waals surface area contributed by atoms with Crippen molar-refractivity contribution in [3.8, 4) is 22.9 Å². The largest absolute Gasteiger partial charge is 0.369 e. The average Bonchev–Trinajstić information content (AvgIpc) is 3.67. The molecule has 226 valence electrons. The first kappa shape index (κ1) is 29.2. The zero-order valence-corrected chi connectivity index (χ0v) is 24.5. The molecule has 2 aromatic carbocycles. The lowest BCUT2D eigenvalue weighted by Gasteiger charge is -2.35. The maximum absolute atomic E-state index is 14.8. The number of carbonyl (C=O) groups excluding carboxylic acids is 1. The van der Waals surface area contributed by atoms with Crippen molar-refractivity contribution in [1.29, 1.82) is 5.26 Å². The molecule has 2 heterocycles. The van der Waals surface area contributed by atoms with E-state index in [2.05, 4.69) is 11.4 Å². The van der Waals surface area contributed by atoms with Crippen LogP contribution in [0.5, 0.6) is 0 Å². The Kier molecular flexibility index (Phi) is 7.27. The molecule has 0 bridgehead atoms. The lowest BCUT2D eigenvalue weighted by molar-refractivity contribution is -0.134. The molecule has 3 aromatic rings. The number of rotatable bonds is 6. The molecule has 2 unspecified atom stereocenters. The summed E-state index contributed by atoms with van der Waals surface area (Å²) >= 11 is 0. The lowest BCUT2D eigenvalue weighted by atomic mass is 9.73. The van der Waals surface area contributed by atoms with E-state index in [1.807, 2.05) is 36.1 Å². The average molecular weight is 612 g/mol. The van der Waals surface area contributed by atoms with Crippen molar-refractivity contribution in [3.05, 3.63) is 65.7 Å². The second kappa shape index (κ2) is 10.7. The van der Waals surface area contributed by atoms with Crippen molar-refractivity contribution in [2.45, 2.75) is 56.4 Å². The molecule has 3 fully saturated rings. The van der Waals surface area contributed by atoms with Gasteiger partial charge in [0.1, 0.15) is 11.4 Å². The molecule has 2 atom stereocenters. The number of hydrogen-bond donors (Lipinski definition) is 1. The molecule has 1 N–H and O–H groups in total. The number of nitrogens with one attached hydrogen (secondary N) is 1. The normalized spacial score (nSPS) is 23.7. The van der Waals surface area contributed by atoms with Crippen molar-refractivity contribution in [2.75, 3.05) is 29.5 Å². The predicted octanol–water partition coefficient (Wildman–Crippen LogP) is 4.91. The summed E-state index contributed by atoms with van der Waals surface area (Å²) in [5.41, 5.74) is 3.12. The van der Waals surface area contributed by atoms with E-state index in [-0.39, 0.29) is 17.9 Å². The highest BCUT2D eigenvalue weighted by atomic mass is 32.2. The number of nitriles is 1. The quantitative estimate of drug-likeness (QED) is 0.424. The molecule has 0 radical (unpaired) electrons. The standard InChI is InChI=1S/C31H32F3N5O3S/c1-20-27(21-2-6-23(7-3-21)38-14-16-43(41,42)17-15-38)28(37-39(20)24-8-4-22(32)5-9-24)25-10-11-31(33,34)18-26(25)29(40)36-30(19-35)12-13-30/h2-9,25-26H,10-18H2,1H3,(H,36,40). The minimum absolute atomic E-state index is 0.0256. The third-order valence-electron chi connectivity index (χ3n) is 8.92. The first-order chi connectivity index (χ1) is 20.4. The summed E-state index contributed by atoms with van der Waals surface area (Å²) in [5.74, 6) is -5.57. The molecule has 1 aromatic heterocycles. The molecule has 1 saturated heterocycles. The van der Waals surface area contributed by atoms with Crippen LogP contribution in [-0.2, 0) is 14.6 Å². The van der Waals surface area contributed by atoms with Gasteiger partial charge < -0.3 is 10.2 Å². The highest BCUT2D eigenvalue weighted by molar-refractivity contribution is 7.91. The summed E-state index contributed by atoms with van der Waals surface area (Å²) in [7, 11) is -3.03. The van der Waals surface area contributed by atoms with Crippen LogP contribution in [0.25, 0.3) is 16.8 Å². The van der Waals surface area contributed by atoms with Crippen molar-refractivity contribution < 1.29 is 26.4 Å². The minimum atomic E-state index is -3.03. The van der Waals surface area contributed by atoms with Crippen molar-refractivity contribution in [2.24, 2.45) is 5.92 Å². The summed E-state index contributed by atoms with van der Waals surface area (Å²) in [5, 5.41) is 17.1. The molecule has 8 nitrogen and oxygen atoms in total. The number of amides is 1. The Morgan fingerprint density at radius 1 is 1.02 bits per heavy atom. The molecular formula is C31H32F3N5O3S. The van der Waals surface area contributed by atoms with Crippen molar-refractivity contribution in [3.63, 3.8) is 0 Å². The lowest BCUT2D eigenvalue weighted by Crippen LogP contribution is -2.45. The number of benzene rings is 2. The monoisotopic (exact) mass is 611 g/mol. The van der Waals surface area contributed by atoms with E-state index in [0.717, 1.165) is 11.3 Å². The van der Waals surface area contributed by atoms with Gasteiger partial charge in [0.25, 0.3) is 0 Å². The molecule has 43 heavy (non-hydrogen) atoms. The fourth-order valence-electron chi connectivity index (χ4n) is 6.24. The maximum atomic E-state index is 14.8. The van der Waals surface area contributed by atoms with Crippen LogP contribution >= 0.6 is 0 Å². The zero-order valence-electron chi connectivity index (χ0n) is 23.7. The summed E-state index contributed by atoms with van der Waals surface area (Å²) in [4.78, 5) is 15.5. The summed E-state index contributed by atoms with van der Waals surface area (Å²) in [6.45, 7) is 2.64. The molecule has 1 amide bonds. The van der Waals surface area contributed by atoms with Crippen LogP contribution in [0.1, 0.15) is 49.4 Å². The van der Waals surface area contributed by atoms with Gasteiger partial charge in [-0.05, 0) is 68.1 Å². The van der Waals surface area contributed by atoms with E-state index >= 15 is 0 Å². The predicted molar refractivity (Wildman–Crippen MR) is 155 cm³/mol. The van der Waals surface area contributed by atoms with E-state index in [9.17, 15) is 31.6 Å². The minimum Gasteiger partial charge on any atom is -0.369 e. The number of carbonyl (C=O) groups is 1. The van der Waals surface area contributed by atoms with Crippen LogP contribution in [0.2, 0.25) is 0 Å². The molecule has 12 heteroatoms.